The Morgan fingerprint density at radius 2 is 0.949 bits per heavy atom. The number of hydrogen-bond donors (Lipinski definition) is 0. The summed E-state index contributed by atoms with van der Waals surface area (Å²) < 4.78 is 201. The van der Waals surface area contributed by atoms with E-state index in [1.807, 2.05) is 0 Å². The van der Waals surface area contributed by atoms with Crippen LogP contribution in [0.25, 0.3) is 76.5 Å². The lowest BCUT2D eigenvalue weighted by Gasteiger charge is -2.23. The van der Waals surface area contributed by atoms with Crippen LogP contribution in [0.15, 0.2) is 133 Å². The van der Waals surface area contributed by atoms with Gasteiger partial charge >= 0.3 is 0 Å². The minimum Gasteiger partial charge on any atom is -0.456 e. The molecular formula is C38H22O. The first-order valence-electron chi connectivity index (χ1n) is 22.7. The van der Waals surface area contributed by atoms with E-state index in [1.165, 1.54) is 0 Å². The van der Waals surface area contributed by atoms with E-state index in [-0.39, 0.29) is 21.7 Å². The SMILES string of the molecule is [2H]c1c([2H])c([2H])c(-c2c([2H])c([2H])c3c([2H])c([2H])c4c(-c5c([2H])c([2H])c6c7c(c([2H])c([2H])c([2H])c57)-c5c([2H])c([2H])c([2H])c([2H])c5O6)c([2H])c([2H])c5c([2H])c([2H])c2c3c54)c([2H])c1[2H]. The normalized spacial score (nSPS) is 20.2. The molecule has 0 bridgehead atoms. The van der Waals surface area contributed by atoms with E-state index >= 15 is 0 Å². The Bertz CT molecular complexity index is 3440. The molecule has 0 fully saturated rings. The average molecular weight is 517 g/mol. The predicted octanol–water partition coefficient (Wildman–Crippen LogP) is 10.8. The summed E-state index contributed by atoms with van der Waals surface area (Å²) in [5, 5.41) is -3.28. The molecule has 0 spiro atoms. The zero-order valence-electron chi connectivity index (χ0n) is 41.4. The van der Waals surface area contributed by atoms with Crippen LogP contribution in [0, 0.1) is 0 Å². The van der Waals surface area contributed by atoms with Crippen molar-refractivity contribution in [2.45, 2.75) is 0 Å². The first kappa shape index (κ1) is 8.97. The van der Waals surface area contributed by atoms with E-state index in [0.29, 0.717) is 0 Å². The molecule has 0 saturated heterocycles. The van der Waals surface area contributed by atoms with Crippen molar-refractivity contribution in [3.05, 3.63) is 133 Å². The van der Waals surface area contributed by atoms with Gasteiger partial charge in [0.15, 0.2) is 0 Å². The number of hydrogen-bond acceptors (Lipinski definition) is 1. The van der Waals surface area contributed by atoms with Crippen LogP contribution in [-0.2, 0) is 0 Å². The van der Waals surface area contributed by atoms with E-state index in [1.54, 1.807) is 0 Å². The Balaban J connectivity index is 1.58. The van der Waals surface area contributed by atoms with Crippen molar-refractivity contribution in [1.29, 1.82) is 0 Å². The van der Waals surface area contributed by atoms with Crippen molar-refractivity contribution in [1.82, 2.24) is 0 Å². The van der Waals surface area contributed by atoms with Crippen molar-refractivity contribution >= 4 is 43.1 Å². The van der Waals surface area contributed by atoms with E-state index in [4.69, 9.17) is 23.9 Å². The van der Waals surface area contributed by atoms with Gasteiger partial charge in [0, 0.05) is 10.9 Å². The Hall–Kier alpha value is -5.14. The highest BCUT2D eigenvalue weighted by Gasteiger charge is 2.22. The second kappa shape index (κ2) is 7.69. The monoisotopic (exact) mass is 516 g/mol. The van der Waals surface area contributed by atoms with Crippen molar-refractivity contribution in [3.8, 4) is 44.9 Å². The number of benzene rings is 8. The van der Waals surface area contributed by atoms with Gasteiger partial charge in [-0.1, -0.05) is 121 Å². The summed E-state index contributed by atoms with van der Waals surface area (Å²) in [7, 11) is 0. The summed E-state index contributed by atoms with van der Waals surface area (Å²) in [6, 6.07) is -17.1. The highest BCUT2D eigenvalue weighted by Crippen LogP contribution is 2.50. The van der Waals surface area contributed by atoms with Gasteiger partial charge in [0.05, 0.1) is 30.2 Å². The fourth-order valence-corrected chi connectivity index (χ4v) is 5.11. The van der Waals surface area contributed by atoms with Crippen LogP contribution in [0.2, 0.25) is 0 Å². The molecule has 0 atom stereocenters. The molecule has 0 aliphatic carbocycles. The predicted molar refractivity (Wildman–Crippen MR) is 164 cm³/mol. The minimum atomic E-state index is -0.838. The first-order chi connectivity index (χ1) is 28.5. The van der Waals surface area contributed by atoms with E-state index < -0.39 is 199 Å². The van der Waals surface area contributed by atoms with Crippen LogP contribution in [0.5, 0.6) is 11.5 Å². The Morgan fingerprint density at radius 3 is 1.74 bits per heavy atom. The van der Waals surface area contributed by atoms with Crippen molar-refractivity contribution < 1.29 is 34.9 Å². The van der Waals surface area contributed by atoms with Gasteiger partial charge in [-0.3, -0.25) is 0 Å². The molecule has 0 unspecified atom stereocenters. The maximum Gasteiger partial charge on any atom is 0.135 e. The molecule has 0 aromatic heterocycles. The minimum absolute atomic E-state index is 0.320. The van der Waals surface area contributed by atoms with E-state index in [0.717, 1.165) is 0 Å². The summed E-state index contributed by atoms with van der Waals surface area (Å²) >= 11 is 0. The molecule has 0 radical (unpaired) electrons. The second-order valence-corrected chi connectivity index (χ2v) is 8.76. The van der Waals surface area contributed by atoms with Gasteiger partial charge < -0.3 is 4.74 Å². The highest BCUT2D eigenvalue weighted by atomic mass is 16.5. The molecule has 8 aromatic carbocycles. The van der Waals surface area contributed by atoms with Crippen molar-refractivity contribution in [2.75, 3.05) is 0 Å². The quantitative estimate of drug-likeness (QED) is 0.208. The van der Waals surface area contributed by atoms with Gasteiger partial charge in [-0.15, -0.1) is 0 Å². The fourth-order valence-electron chi connectivity index (χ4n) is 5.11. The third-order valence-corrected chi connectivity index (χ3v) is 6.76. The van der Waals surface area contributed by atoms with Gasteiger partial charge in [0.25, 0.3) is 0 Å². The molecule has 1 heterocycles. The van der Waals surface area contributed by atoms with E-state index in [2.05, 4.69) is 0 Å². The lowest BCUT2D eigenvalue weighted by atomic mass is 9.85. The molecule has 0 amide bonds. The smallest absolute Gasteiger partial charge is 0.135 e. The first-order valence-corrected chi connectivity index (χ1v) is 11.7. The number of fused-ring (bicyclic) bond motifs is 2. The Morgan fingerprint density at radius 1 is 0.359 bits per heavy atom. The number of ether oxygens (including phenoxy) is 1. The molecule has 1 aliphatic heterocycles. The third kappa shape index (κ3) is 2.85. The molecule has 39 heavy (non-hydrogen) atoms. The molecule has 1 aliphatic rings. The lowest BCUT2D eigenvalue weighted by molar-refractivity contribution is 0.487. The van der Waals surface area contributed by atoms with Crippen molar-refractivity contribution in [3.63, 3.8) is 0 Å². The Labute approximate surface area is 256 Å². The van der Waals surface area contributed by atoms with Gasteiger partial charge in [0.2, 0.25) is 0 Å². The summed E-state index contributed by atoms with van der Waals surface area (Å²) in [6.45, 7) is 0. The average Bonchev–Trinajstić information content (AvgIpc) is 3.23. The zero-order chi connectivity index (χ0) is 44.6. The van der Waals surface area contributed by atoms with Crippen LogP contribution in [0.3, 0.4) is 0 Å². The van der Waals surface area contributed by atoms with Crippen LogP contribution >= 0.6 is 0 Å². The third-order valence-electron chi connectivity index (χ3n) is 6.76. The molecule has 0 N–H and O–H groups in total. The maximum absolute atomic E-state index is 9.40. The molecule has 0 saturated carbocycles. The van der Waals surface area contributed by atoms with Gasteiger partial charge in [0.1, 0.15) is 11.5 Å². The number of rotatable bonds is 2. The lowest BCUT2D eigenvalue weighted by Crippen LogP contribution is -1.97. The molecule has 1 nitrogen and oxygen atoms in total. The summed E-state index contributed by atoms with van der Waals surface area (Å²) in [6.07, 6.45) is 0. The van der Waals surface area contributed by atoms with Crippen LogP contribution in [0.4, 0.5) is 0 Å². The number of para-hydroxylation sites is 1. The standard InChI is InChI=1S/C38H22O/c1-2-7-23(8-3-1)26-17-13-24-16-20-33-27(18-14-25-15-19-32(26)36(24)37(25)33)28-21-22-35-38-30(28)10-6-11-31(38)29-9-4-5-12-34(29)39-35/h1-22H/i1D,2D,3D,4D,5D,6D,7D,8D,9D,10D,11D,12D,13D,14D,15D,16D,17D,18D,19D,20D,21D,22D. The van der Waals surface area contributed by atoms with Crippen LogP contribution in [-0.4, -0.2) is 0 Å². The molecular weight excluding hydrogens is 472 g/mol. The molecule has 9 rings (SSSR count). The van der Waals surface area contributed by atoms with Crippen molar-refractivity contribution in [2.24, 2.45) is 0 Å². The molecule has 8 aromatic rings. The van der Waals surface area contributed by atoms with Crippen LogP contribution < -0.4 is 4.74 Å². The Kier molecular flexibility index (Phi) is 1.77. The van der Waals surface area contributed by atoms with Gasteiger partial charge in [-0.25, -0.2) is 0 Å². The summed E-state index contributed by atoms with van der Waals surface area (Å²) in [5.74, 6) is -1.04. The van der Waals surface area contributed by atoms with Gasteiger partial charge in [-0.2, -0.15) is 0 Å². The summed E-state index contributed by atoms with van der Waals surface area (Å²) in [4.78, 5) is 0. The van der Waals surface area contributed by atoms with Gasteiger partial charge in [-0.05, 0) is 77.6 Å². The molecule has 1 heteroatoms. The van der Waals surface area contributed by atoms with E-state index in [9.17, 15) is 11.0 Å². The largest absolute Gasteiger partial charge is 0.456 e. The summed E-state index contributed by atoms with van der Waals surface area (Å²) in [5.41, 5.74) is -3.04. The fraction of sp³-hybridized carbons (Fsp3) is 0. The zero-order valence-corrected chi connectivity index (χ0v) is 19.4. The highest BCUT2D eigenvalue weighted by molar-refractivity contribution is 6.28. The van der Waals surface area contributed by atoms with Crippen LogP contribution in [0.1, 0.15) is 30.2 Å². The maximum atomic E-state index is 9.40. The topological polar surface area (TPSA) is 9.23 Å². The molecule has 180 valence electrons. The second-order valence-electron chi connectivity index (χ2n) is 8.76.